The monoisotopic (exact) mass is 669 g/mol. The lowest BCUT2D eigenvalue weighted by Gasteiger charge is -2.33. The maximum atomic E-state index is 16.1. The van der Waals surface area contributed by atoms with E-state index in [-0.39, 0.29) is 36.5 Å². The Hall–Kier alpha value is -4.45. The standard InChI is InChI=1S/C37H37F2N5O3S/c1-6-32(45)43-12-13-44-30(21(43)2)20-28(41-44)36-34(33-27(39)18-24(38)19-31(33)47-15-14-46-5)37-26(11-16-48-37)35(40-36)23-7-9-25-22(17-23)8-10-29(25)42(3)4/h6-7,9,11,16-21,29H,1,8,10,12-15H2,2-5H3/t21-,29+/m1/s1. The van der Waals surface area contributed by atoms with E-state index in [0.29, 0.717) is 36.1 Å². The number of ether oxygens (including phenoxy) is 2. The Kier molecular flexibility index (Phi) is 8.61. The van der Waals surface area contributed by atoms with Gasteiger partial charge in [-0.3, -0.25) is 9.48 Å². The normalized spacial score (nSPS) is 17.2. The van der Waals surface area contributed by atoms with Crippen LogP contribution in [0.5, 0.6) is 5.75 Å². The third-order valence-electron chi connectivity index (χ3n) is 9.47. The molecule has 48 heavy (non-hydrogen) atoms. The number of pyridine rings is 1. The van der Waals surface area contributed by atoms with Gasteiger partial charge in [0.15, 0.2) is 0 Å². The van der Waals surface area contributed by atoms with Crippen molar-refractivity contribution in [3.8, 4) is 39.5 Å². The van der Waals surface area contributed by atoms with Crippen LogP contribution < -0.4 is 4.74 Å². The number of aromatic nitrogens is 3. The highest BCUT2D eigenvalue weighted by Gasteiger charge is 2.32. The van der Waals surface area contributed by atoms with Crippen molar-refractivity contribution in [1.29, 1.82) is 0 Å². The molecule has 0 bridgehead atoms. The topological polar surface area (TPSA) is 72.7 Å². The molecule has 2 aliphatic rings. The molecule has 3 aromatic heterocycles. The van der Waals surface area contributed by atoms with Crippen LogP contribution in [0.25, 0.3) is 43.9 Å². The number of halogens is 2. The number of methoxy groups -OCH3 is 1. The fourth-order valence-electron chi connectivity index (χ4n) is 7.12. The molecule has 0 unspecified atom stereocenters. The van der Waals surface area contributed by atoms with E-state index >= 15 is 4.39 Å². The SMILES string of the molecule is C=CC(=O)N1CCn2nc(-c3nc(-c4ccc5c(c4)CC[C@@H]5N(C)C)c4ccsc4c3-c3c(F)cc(F)cc3OCCOC)cc2[C@H]1C. The van der Waals surface area contributed by atoms with E-state index in [1.807, 2.05) is 29.1 Å². The second-order valence-corrected chi connectivity index (χ2v) is 13.4. The minimum absolute atomic E-state index is 0.0578. The molecule has 0 fully saturated rings. The van der Waals surface area contributed by atoms with Crippen LogP contribution in [0.1, 0.15) is 42.2 Å². The Bertz CT molecular complexity index is 2050. The molecule has 11 heteroatoms. The molecule has 0 spiro atoms. The summed E-state index contributed by atoms with van der Waals surface area (Å²) in [7, 11) is 5.75. The van der Waals surface area contributed by atoms with E-state index in [1.54, 1.807) is 4.90 Å². The van der Waals surface area contributed by atoms with E-state index in [4.69, 9.17) is 19.6 Å². The first-order valence-corrected chi connectivity index (χ1v) is 16.9. The van der Waals surface area contributed by atoms with Gasteiger partial charge in [-0.05, 0) is 74.6 Å². The molecule has 1 amide bonds. The lowest BCUT2D eigenvalue weighted by atomic mass is 9.95. The van der Waals surface area contributed by atoms with Crippen molar-refractivity contribution in [3.63, 3.8) is 0 Å². The number of benzene rings is 2. The van der Waals surface area contributed by atoms with Gasteiger partial charge in [0.2, 0.25) is 5.91 Å². The fraction of sp³-hybridized carbons (Fsp3) is 0.324. The molecule has 1 aliphatic carbocycles. The fourth-order valence-corrected chi connectivity index (χ4v) is 8.07. The first-order valence-electron chi connectivity index (χ1n) is 16.0. The number of nitrogens with zero attached hydrogens (tertiary/aromatic N) is 5. The third-order valence-corrected chi connectivity index (χ3v) is 10.4. The predicted octanol–water partition coefficient (Wildman–Crippen LogP) is 7.44. The van der Waals surface area contributed by atoms with Gasteiger partial charge in [-0.1, -0.05) is 18.7 Å². The summed E-state index contributed by atoms with van der Waals surface area (Å²) < 4.78 is 44.6. The number of thiophene rings is 1. The van der Waals surface area contributed by atoms with Crippen molar-refractivity contribution >= 4 is 27.3 Å². The number of carbonyl (C=O) groups excluding carboxylic acids is 1. The first-order chi connectivity index (χ1) is 23.2. The van der Waals surface area contributed by atoms with Gasteiger partial charge in [0.1, 0.15) is 35.4 Å². The average molecular weight is 670 g/mol. The second-order valence-electron chi connectivity index (χ2n) is 12.5. The number of rotatable bonds is 9. The van der Waals surface area contributed by atoms with Crippen LogP contribution >= 0.6 is 11.3 Å². The Morgan fingerprint density at radius 1 is 1.10 bits per heavy atom. The number of hydrogen-bond donors (Lipinski definition) is 0. The molecule has 8 nitrogen and oxygen atoms in total. The van der Waals surface area contributed by atoms with Crippen LogP contribution in [0.3, 0.4) is 0 Å². The van der Waals surface area contributed by atoms with Crippen LogP contribution in [-0.2, 0) is 22.5 Å². The van der Waals surface area contributed by atoms with Gasteiger partial charge < -0.3 is 19.3 Å². The summed E-state index contributed by atoms with van der Waals surface area (Å²) in [6.07, 6.45) is 3.34. The number of fused-ring (bicyclic) bond motifs is 3. The van der Waals surface area contributed by atoms with E-state index in [1.165, 1.54) is 41.7 Å². The largest absolute Gasteiger partial charge is 0.490 e. The van der Waals surface area contributed by atoms with Gasteiger partial charge >= 0.3 is 0 Å². The summed E-state index contributed by atoms with van der Waals surface area (Å²) >= 11 is 1.46. The molecule has 7 rings (SSSR count). The smallest absolute Gasteiger partial charge is 0.246 e. The van der Waals surface area contributed by atoms with Gasteiger partial charge in [-0.2, -0.15) is 5.10 Å². The van der Waals surface area contributed by atoms with Crippen LogP contribution in [-0.4, -0.2) is 71.4 Å². The Morgan fingerprint density at radius 2 is 1.94 bits per heavy atom. The Balaban J connectivity index is 1.47. The summed E-state index contributed by atoms with van der Waals surface area (Å²) in [4.78, 5) is 21.9. The Labute approximate surface area is 282 Å². The molecule has 5 aromatic rings. The van der Waals surface area contributed by atoms with Crippen molar-refractivity contribution in [1.82, 2.24) is 24.6 Å². The van der Waals surface area contributed by atoms with Crippen LogP contribution in [0, 0.1) is 11.6 Å². The molecule has 2 atom stereocenters. The molecule has 2 aromatic carbocycles. The summed E-state index contributed by atoms with van der Waals surface area (Å²) in [5.41, 5.74) is 6.72. The lowest BCUT2D eigenvalue weighted by molar-refractivity contribution is -0.129. The minimum atomic E-state index is -0.764. The minimum Gasteiger partial charge on any atom is -0.490 e. The zero-order chi connectivity index (χ0) is 33.7. The number of amides is 1. The Morgan fingerprint density at radius 3 is 2.71 bits per heavy atom. The van der Waals surface area contributed by atoms with E-state index in [2.05, 4.69) is 43.8 Å². The van der Waals surface area contributed by atoms with Crippen molar-refractivity contribution in [2.75, 3.05) is 41.0 Å². The average Bonchev–Trinajstić information content (AvgIpc) is 3.83. The lowest BCUT2D eigenvalue weighted by Crippen LogP contribution is -2.40. The molecule has 0 saturated carbocycles. The molecule has 1 aliphatic heterocycles. The number of carbonyl (C=O) groups is 1. The van der Waals surface area contributed by atoms with E-state index < -0.39 is 11.6 Å². The van der Waals surface area contributed by atoms with E-state index in [0.717, 1.165) is 45.9 Å². The van der Waals surface area contributed by atoms with Crippen molar-refractivity contribution < 1.29 is 23.0 Å². The molecule has 248 valence electrons. The summed E-state index contributed by atoms with van der Waals surface area (Å²) in [5, 5.41) is 7.79. The van der Waals surface area contributed by atoms with Crippen molar-refractivity contribution in [2.24, 2.45) is 0 Å². The van der Waals surface area contributed by atoms with Crippen LogP contribution in [0.4, 0.5) is 8.78 Å². The summed E-state index contributed by atoms with van der Waals surface area (Å²) in [6, 6.07) is 12.6. The highest BCUT2D eigenvalue weighted by molar-refractivity contribution is 7.18. The zero-order valence-corrected chi connectivity index (χ0v) is 28.2. The maximum Gasteiger partial charge on any atom is 0.246 e. The van der Waals surface area contributed by atoms with Gasteiger partial charge in [-0.15, -0.1) is 11.3 Å². The third kappa shape index (κ3) is 5.49. The van der Waals surface area contributed by atoms with Crippen LogP contribution in [0.15, 0.2) is 60.5 Å². The molecule has 0 radical (unpaired) electrons. The predicted molar refractivity (Wildman–Crippen MR) is 184 cm³/mol. The summed E-state index contributed by atoms with van der Waals surface area (Å²) in [5.74, 6) is -1.61. The highest BCUT2D eigenvalue weighted by atomic mass is 32.1. The van der Waals surface area contributed by atoms with Gasteiger partial charge in [0, 0.05) is 53.0 Å². The van der Waals surface area contributed by atoms with Crippen LogP contribution in [0.2, 0.25) is 0 Å². The molecular weight excluding hydrogens is 633 g/mol. The summed E-state index contributed by atoms with van der Waals surface area (Å²) in [6.45, 7) is 6.92. The van der Waals surface area contributed by atoms with E-state index in [9.17, 15) is 9.18 Å². The van der Waals surface area contributed by atoms with Gasteiger partial charge in [0.25, 0.3) is 0 Å². The molecule has 0 N–H and O–H groups in total. The number of aryl methyl sites for hydroxylation is 1. The quantitative estimate of drug-likeness (QED) is 0.120. The first kappa shape index (κ1) is 32.1. The highest BCUT2D eigenvalue weighted by Crippen LogP contribution is 2.48. The second kappa shape index (κ2) is 12.9. The molecular formula is C37H37F2N5O3S. The molecule has 0 saturated heterocycles. The van der Waals surface area contributed by atoms with Crippen molar-refractivity contribution in [3.05, 3.63) is 89.0 Å². The molecule has 4 heterocycles. The zero-order valence-electron chi connectivity index (χ0n) is 27.4. The van der Waals surface area contributed by atoms with Gasteiger partial charge in [-0.25, -0.2) is 13.8 Å². The van der Waals surface area contributed by atoms with Crippen molar-refractivity contribution in [2.45, 2.75) is 38.4 Å². The van der Waals surface area contributed by atoms with Gasteiger partial charge in [0.05, 0.1) is 36.1 Å². The maximum absolute atomic E-state index is 16.1. The number of hydrogen-bond acceptors (Lipinski definition) is 7.